The maximum Gasteiger partial charge on any atom is 0.305 e. The number of benzene rings is 2. The van der Waals surface area contributed by atoms with Gasteiger partial charge < -0.3 is 19.1 Å². The van der Waals surface area contributed by atoms with Gasteiger partial charge in [-0.15, -0.1) is 0 Å². The van der Waals surface area contributed by atoms with Crippen molar-refractivity contribution in [2.24, 2.45) is 0 Å². The second-order valence-electron chi connectivity index (χ2n) is 8.56. The summed E-state index contributed by atoms with van der Waals surface area (Å²) in [4.78, 5) is 18.2. The van der Waals surface area contributed by atoms with Crippen LogP contribution in [0.1, 0.15) is 38.2 Å². The summed E-state index contributed by atoms with van der Waals surface area (Å²) < 4.78 is 7.61. The van der Waals surface area contributed by atoms with Crippen molar-refractivity contribution in [1.29, 1.82) is 0 Å². The average Bonchev–Trinajstić information content (AvgIpc) is 3.50. The number of fused-ring (bicyclic) bond motifs is 1. The third-order valence-corrected chi connectivity index (χ3v) is 6.45. The Hall–Kier alpha value is -3.61. The van der Waals surface area contributed by atoms with Gasteiger partial charge in [0, 0.05) is 53.5 Å². The smallest absolute Gasteiger partial charge is 0.305 e. The van der Waals surface area contributed by atoms with Gasteiger partial charge in [-0.3, -0.25) is 4.79 Å². The molecule has 1 N–H and O–H groups in total. The lowest BCUT2D eigenvalue weighted by atomic mass is 10.0. The summed E-state index contributed by atoms with van der Waals surface area (Å²) in [6.07, 6.45) is 6.75. The fourth-order valence-electron chi connectivity index (χ4n) is 4.72. The summed E-state index contributed by atoms with van der Waals surface area (Å²) in [5.74, 6) is 0.227. The first kappa shape index (κ1) is 21.2. The van der Waals surface area contributed by atoms with Gasteiger partial charge in [0.2, 0.25) is 5.82 Å². The molecule has 1 fully saturated rings. The number of carbonyl (C=O) groups is 1. The van der Waals surface area contributed by atoms with Crippen LogP contribution < -0.4 is 4.90 Å². The third kappa shape index (κ3) is 4.23. The zero-order valence-corrected chi connectivity index (χ0v) is 18.8. The molecule has 7 heteroatoms. The first-order chi connectivity index (χ1) is 16.1. The molecule has 2 aromatic carbocycles. The molecule has 2 aromatic heterocycles. The van der Waals surface area contributed by atoms with E-state index in [1.54, 1.807) is 0 Å². The van der Waals surface area contributed by atoms with Crippen molar-refractivity contribution >= 4 is 22.6 Å². The molecule has 1 aliphatic heterocycles. The van der Waals surface area contributed by atoms with Crippen molar-refractivity contribution in [1.82, 2.24) is 14.7 Å². The predicted molar refractivity (Wildman–Crippen MR) is 128 cm³/mol. The molecule has 170 valence electrons. The molecule has 7 nitrogen and oxygen atoms in total. The summed E-state index contributed by atoms with van der Waals surface area (Å²) in [5.41, 5.74) is 5.37. The normalized spacial score (nSPS) is 14.2. The molecule has 0 amide bonds. The lowest BCUT2D eigenvalue weighted by Gasteiger charge is -2.30. The number of piperidine rings is 1. The highest BCUT2D eigenvalue weighted by Crippen LogP contribution is 2.32. The summed E-state index contributed by atoms with van der Waals surface area (Å²) in [7, 11) is 0. The average molecular weight is 445 g/mol. The molecule has 1 saturated heterocycles. The van der Waals surface area contributed by atoms with E-state index in [-0.39, 0.29) is 6.42 Å². The Morgan fingerprint density at radius 3 is 2.76 bits per heavy atom. The van der Waals surface area contributed by atoms with Gasteiger partial charge in [-0.05, 0) is 61.6 Å². The van der Waals surface area contributed by atoms with Crippen LogP contribution in [0.15, 0.2) is 53.2 Å². The van der Waals surface area contributed by atoms with Crippen molar-refractivity contribution in [2.75, 3.05) is 18.0 Å². The summed E-state index contributed by atoms with van der Waals surface area (Å²) >= 11 is 0. The molecule has 0 saturated carbocycles. The number of hydrogen-bond donors (Lipinski definition) is 1. The molecule has 1 aliphatic rings. The van der Waals surface area contributed by atoms with Crippen LogP contribution in [0.4, 0.5) is 5.69 Å². The van der Waals surface area contributed by atoms with Crippen molar-refractivity contribution in [3.8, 4) is 22.8 Å². The standard InChI is InChI=1S/C26H28N4O3/c1-2-18-17-19(9-10-22(18)29-13-4-3-5-14-29)26-27-25(28-33-26)21-7-6-8-23-20(21)11-15-30(23)16-12-24(31)32/h6-11,15,17H,2-5,12-14,16H2,1H3,(H,31,32). The van der Waals surface area contributed by atoms with Crippen molar-refractivity contribution < 1.29 is 14.4 Å². The topological polar surface area (TPSA) is 84.4 Å². The fraction of sp³-hybridized carbons (Fsp3) is 0.346. The van der Waals surface area contributed by atoms with Crippen LogP contribution in [0, 0.1) is 0 Å². The first-order valence-corrected chi connectivity index (χ1v) is 11.7. The first-order valence-electron chi connectivity index (χ1n) is 11.7. The number of carboxylic acids is 1. The van der Waals surface area contributed by atoms with E-state index in [0.717, 1.165) is 41.5 Å². The number of carboxylic acid groups (broad SMARTS) is 1. The van der Waals surface area contributed by atoms with Crippen molar-refractivity contribution in [3.63, 3.8) is 0 Å². The molecule has 5 rings (SSSR count). The van der Waals surface area contributed by atoms with Gasteiger partial charge in [-0.1, -0.05) is 24.2 Å². The van der Waals surface area contributed by atoms with E-state index in [0.29, 0.717) is 18.3 Å². The Bertz CT molecular complexity index is 1280. The second-order valence-corrected chi connectivity index (χ2v) is 8.56. The molecule has 0 unspecified atom stereocenters. The zero-order valence-electron chi connectivity index (χ0n) is 18.8. The lowest BCUT2D eigenvalue weighted by Crippen LogP contribution is -2.30. The third-order valence-electron chi connectivity index (χ3n) is 6.45. The molecule has 0 aliphatic carbocycles. The minimum Gasteiger partial charge on any atom is -0.481 e. The van der Waals surface area contributed by atoms with Gasteiger partial charge in [-0.2, -0.15) is 4.98 Å². The molecule has 3 heterocycles. The number of aliphatic carboxylic acids is 1. The van der Waals surface area contributed by atoms with Gasteiger partial charge >= 0.3 is 5.97 Å². The maximum atomic E-state index is 11.0. The summed E-state index contributed by atoms with van der Waals surface area (Å²) in [6, 6.07) is 14.3. The Kier molecular flexibility index (Phi) is 5.86. The van der Waals surface area contributed by atoms with Gasteiger partial charge in [-0.25, -0.2) is 0 Å². The van der Waals surface area contributed by atoms with Gasteiger partial charge in [0.1, 0.15) is 0 Å². The Morgan fingerprint density at radius 1 is 1.12 bits per heavy atom. The fourth-order valence-corrected chi connectivity index (χ4v) is 4.72. The van der Waals surface area contributed by atoms with Crippen molar-refractivity contribution in [2.45, 2.75) is 45.6 Å². The molecule has 0 radical (unpaired) electrons. The van der Waals surface area contributed by atoms with Crippen molar-refractivity contribution in [3.05, 3.63) is 54.2 Å². The summed E-state index contributed by atoms with van der Waals surface area (Å²) in [5, 5.41) is 14.2. The number of nitrogens with zero attached hydrogens (tertiary/aromatic N) is 4. The van der Waals surface area contributed by atoms with Crippen LogP contribution in [0.5, 0.6) is 0 Å². The molecular formula is C26H28N4O3. The minimum atomic E-state index is -0.812. The number of aromatic nitrogens is 3. The molecule has 0 atom stereocenters. The Labute approximate surface area is 192 Å². The Balaban J connectivity index is 1.45. The monoisotopic (exact) mass is 444 g/mol. The van der Waals surface area contributed by atoms with E-state index in [1.807, 2.05) is 35.0 Å². The molecule has 0 bridgehead atoms. The summed E-state index contributed by atoms with van der Waals surface area (Å²) in [6.45, 7) is 4.84. The number of aryl methyl sites for hydroxylation is 2. The maximum absolute atomic E-state index is 11.0. The zero-order chi connectivity index (χ0) is 22.8. The van der Waals surface area contributed by atoms with Gasteiger partial charge in [0.05, 0.1) is 6.42 Å². The highest BCUT2D eigenvalue weighted by Gasteiger charge is 2.18. The van der Waals surface area contributed by atoms with Gasteiger partial charge in [0.15, 0.2) is 0 Å². The molecule has 33 heavy (non-hydrogen) atoms. The van der Waals surface area contributed by atoms with Crippen LogP contribution in [0.2, 0.25) is 0 Å². The van der Waals surface area contributed by atoms with Crippen LogP contribution in [0.3, 0.4) is 0 Å². The van der Waals surface area contributed by atoms with Crippen LogP contribution >= 0.6 is 0 Å². The van der Waals surface area contributed by atoms with Gasteiger partial charge in [0.25, 0.3) is 5.89 Å². The molecular weight excluding hydrogens is 416 g/mol. The second kappa shape index (κ2) is 9.10. The molecule has 0 spiro atoms. The van der Waals surface area contributed by atoms with Crippen LogP contribution in [0.25, 0.3) is 33.7 Å². The number of hydrogen-bond acceptors (Lipinski definition) is 5. The van der Waals surface area contributed by atoms with E-state index in [2.05, 4.69) is 35.2 Å². The van der Waals surface area contributed by atoms with E-state index >= 15 is 0 Å². The van der Waals surface area contributed by atoms with E-state index in [4.69, 9.17) is 14.6 Å². The SMILES string of the molecule is CCc1cc(-c2nc(-c3cccc4c3ccn4CCC(=O)O)no2)ccc1N1CCCCC1. The number of anilines is 1. The van der Waals surface area contributed by atoms with E-state index in [1.165, 1.54) is 30.5 Å². The highest BCUT2D eigenvalue weighted by atomic mass is 16.5. The minimum absolute atomic E-state index is 0.0769. The Morgan fingerprint density at radius 2 is 1.97 bits per heavy atom. The van der Waals surface area contributed by atoms with E-state index in [9.17, 15) is 4.79 Å². The largest absolute Gasteiger partial charge is 0.481 e. The van der Waals surface area contributed by atoms with Crippen LogP contribution in [-0.4, -0.2) is 38.9 Å². The lowest BCUT2D eigenvalue weighted by molar-refractivity contribution is -0.137. The van der Waals surface area contributed by atoms with Crippen LogP contribution in [-0.2, 0) is 17.8 Å². The number of rotatable bonds is 7. The molecule has 4 aromatic rings. The quantitative estimate of drug-likeness (QED) is 0.412. The predicted octanol–water partition coefficient (Wildman–Crippen LogP) is 5.39. The highest BCUT2D eigenvalue weighted by molar-refractivity contribution is 5.94. The van der Waals surface area contributed by atoms with E-state index < -0.39 is 5.97 Å².